The van der Waals surface area contributed by atoms with E-state index >= 15 is 0 Å². The molecule has 0 radical (unpaired) electrons. The smallest absolute Gasteiger partial charge is 0.225 e. The lowest BCUT2D eigenvalue weighted by Crippen LogP contribution is -2.41. The fourth-order valence-electron chi connectivity index (χ4n) is 1.84. The molecule has 0 unspecified atom stereocenters. The van der Waals surface area contributed by atoms with E-state index in [1.54, 1.807) is 13.0 Å². The van der Waals surface area contributed by atoms with Crippen molar-refractivity contribution in [2.75, 3.05) is 6.54 Å². The molecule has 98 valence electrons. The van der Waals surface area contributed by atoms with Gasteiger partial charge in [0.25, 0.3) is 0 Å². The van der Waals surface area contributed by atoms with Gasteiger partial charge in [0.15, 0.2) is 0 Å². The number of amides is 1. The molecule has 17 heavy (non-hydrogen) atoms. The van der Waals surface area contributed by atoms with Crippen molar-refractivity contribution in [3.63, 3.8) is 0 Å². The Labute approximate surface area is 105 Å². The number of hydrogen-bond acceptors (Lipinski definition) is 2. The maximum Gasteiger partial charge on any atom is 0.225 e. The molecule has 0 saturated heterocycles. The highest BCUT2D eigenvalue weighted by atomic mass is 16.2. The van der Waals surface area contributed by atoms with Gasteiger partial charge in [-0.25, -0.2) is 0 Å². The van der Waals surface area contributed by atoms with Crippen molar-refractivity contribution in [1.82, 2.24) is 5.32 Å². The topological polar surface area (TPSA) is 46.2 Å². The second kappa shape index (κ2) is 5.99. The first kappa shape index (κ1) is 15.9. The zero-order chi connectivity index (χ0) is 13.7. The van der Waals surface area contributed by atoms with Gasteiger partial charge in [-0.15, -0.1) is 6.58 Å². The van der Waals surface area contributed by atoms with Crippen molar-refractivity contribution in [2.45, 2.75) is 47.5 Å². The maximum absolute atomic E-state index is 12.0. The molecule has 0 aromatic carbocycles. The van der Waals surface area contributed by atoms with Gasteiger partial charge >= 0.3 is 0 Å². The summed E-state index contributed by atoms with van der Waals surface area (Å²) in [6, 6.07) is 0. The fraction of sp³-hybridized carbons (Fsp3) is 0.714. The Morgan fingerprint density at radius 1 is 1.18 bits per heavy atom. The summed E-state index contributed by atoms with van der Waals surface area (Å²) in [7, 11) is 0. The molecule has 0 aliphatic carbocycles. The number of carbonyl (C=O) groups excluding carboxylic acids is 2. The van der Waals surface area contributed by atoms with Crippen LogP contribution in [0.4, 0.5) is 0 Å². The molecule has 0 saturated carbocycles. The third kappa shape index (κ3) is 5.16. The summed E-state index contributed by atoms with van der Waals surface area (Å²) < 4.78 is 0. The first-order valence-electron chi connectivity index (χ1n) is 6.04. The minimum absolute atomic E-state index is 0.00586. The quantitative estimate of drug-likeness (QED) is 0.548. The molecule has 3 nitrogen and oxygen atoms in total. The normalized spacial score (nSPS) is 12.1. The van der Waals surface area contributed by atoms with Crippen LogP contribution in [-0.2, 0) is 9.59 Å². The molecule has 0 aromatic rings. The largest absolute Gasteiger partial charge is 0.355 e. The Balaban J connectivity index is 4.50. The zero-order valence-electron chi connectivity index (χ0n) is 11.7. The van der Waals surface area contributed by atoms with Crippen LogP contribution in [0.2, 0.25) is 0 Å². The van der Waals surface area contributed by atoms with Crippen molar-refractivity contribution in [1.29, 1.82) is 0 Å². The first-order chi connectivity index (χ1) is 7.63. The van der Waals surface area contributed by atoms with Crippen molar-refractivity contribution in [2.24, 2.45) is 10.8 Å². The van der Waals surface area contributed by atoms with E-state index in [0.717, 1.165) is 6.42 Å². The van der Waals surface area contributed by atoms with Crippen molar-refractivity contribution >= 4 is 11.7 Å². The predicted octanol–water partition coefficient (Wildman–Crippen LogP) is 2.71. The molecule has 0 bridgehead atoms. The van der Waals surface area contributed by atoms with Gasteiger partial charge in [-0.2, -0.15) is 0 Å². The van der Waals surface area contributed by atoms with E-state index < -0.39 is 10.8 Å². The summed E-state index contributed by atoms with van der Waals surface area (Å²) >= 11 is 0. The standard InChI is InChI=1S/C14H25NO2/c1-7-8-9-15-12(17)14(5,6)10-13(3,4)11(2)16/h7H,1,8-10H2,2-6H3,(H,15,17). The summed E-state index contributed by atoms with van der Waals surface area (Å²) in [5, 5.41) is 2.86. The van der Waals surface area contributed by atoms with Gasteiger partial charge in [-0.1, -0.05) is 33.8 Å². The molecular weight excluding hydrogens is 214 g/mol. The number of carbonyl (C=O) groups is 2. The van der Waals surface area contributed by atoms with E-state index in [2.05, 4.69) is 11.9 Å². The number of hydrogen-bond donors (Lipinski definition) is 1. The molecule has 3 heteroatoms. The number of nitrogens with one attached hydrogen (secondary N) is 1. The fourth-order valence-corrected chi connectivity index (χ4v) is 1.84. The molecule has 0 spiro atoms. The average molecular weight is 239 g/mol. The first-order valence-corrected chi connectivity index (χ1v) is 6.04. The van der Waals surface area contributed by atoms with E-state index in [0.29, 0.717) is 13.0 Å². The second-order valence-electron chi connectivity index (χ2n) is 5.83. The summed E-state index contributed by atoms with van der Waals surface area (Å²) in [4.78, 5) is 23.5. The van der Waals surface area contributed by atoms with Gasteiger partial charge in [-0.3, -0.25) is 9.59 Å². The lowest BCUT2D eigenvalue weighted by molar-refractivity contribution is -0.133. The van der Waals surface area contributed by atoms with Crippen LogP contribution in [0.1, 0.15) is 47.5 Å². The van der Waals surface area contributed by atoms with Crippen molar-refractivity contribution in [3.05, 3.63) is 12.7 Å². The van der Waals surface area contributed by atoms with Crippen LogP contribution >= 0.6 is 0 Å². The molecule has 1 amide bonds. The molecule has 0 atom stereocenters. The van der Waals surface area contributed by atoms with Crippen LogP contribution in [0.5, 0.6) is 0 Å². The van der Waals surface area contributed by atoms with Gasteiger partial charge < -0.3 is 5.32 Å². The Hall–Kier alpha value is -1.12. The summed E-state index contributed by atoms with van der Waals surface area (Å²) in [6.07, 6.45) is 3.08. The Morgan fingerprint density at radius 3 is 2.12 bits per heavy atom. The molecule has 1 N–H and O–H groups in total. The minimum Gasteiger partial charge on any atom is -0.355 e. The molecule has 0 aliphatic rings. The third-order valence-corrected chi connectivity index (χ3v) is 3.09. The summed E-state index contributed by atoms with van der Waals surface area (Å²) in [6.45, 7) is 13.3. The van der Waals surface area contributed by atoms with Crippen molar-refractivity contribution in [3.8, 4) is 0 Å². The van der Waals surface area contributed by atoms with Crippen LogP contribution in [0.3, 0.4) is 0 Å². The van der Waals surface area contributed by atoms with Crippen LogP contribution in [0, 0.1) is 10.8 Å². The van der Waals surface area contributed by atoms with Gasteiger partial charge in [0.1, 0.15) is 5.78 Å². The molecule has 0 aromatic heterocycles. The molecule has 0 fully saturated rings. The number of ketones is 1. The molecule has 0 heterocycles. The highest BCUT2D eigenvalue weighted by molar-refractivity contribution is 5.85. The van der Waals surface area contributed by atoms with E-state index in [1.807, 2.05) is 27.7 Å². The van der Waals surface area contributed by atoms with Gasteiger partial charge in [0.2, 0.25) is 5.91 Å². The highest BCUT2D eigenvalue weighted by Crippen LogP contribution is 2.34. The van der Waals surface area contributed by atoms with E-state index in [-0.39, 0.29) is 11.7 Å². The number of rotatable bonds is 7. The summed E-state index contributed by atoms with van der Waals surface area (Å²) in [5.74, 6) is 0.109. The Bertz CT molecular complexity index is 303. The Kier molecular flexibility index (Phi) is 5.59. The second-order valence-corrected chi connectivity index (χ2v) is 5.83. The van der Waals surface area contributed by atoms with Crippen LogP contribution in [-0.4, -0.2) is 18.2 Å². The zero-order valence-corrected chi connectivity index (χ0v) is 11.7. The van der Waals surface area contributed by atoms with E-state index in [4.69, 9.17) is 0 Å². The SMILES string of the molecule is C=CCCNC(=O)C(C)(C)CC(C)(C)C(C)=O. The minimum atomic E-state index is -0.531. The third-order valence-electron chi connectivity index (χ3n) is 3.09. The van der Waals surface area contributed by atoms with Crippen LogP contribution in [0.25, 0.3) is 0 Å². The average Bonchev–Trinajstić information content (AvgIpc) is 2.16. The molecular formula is C14H25NO2. The predicted molar refractivity (Wildman–Crippen MR) is 70.7 cm³/mol. The Morgan fingerprint density at radius 2 is 1.71 bits per heavy atom. The summed E-state index contributed by atoms with van der Waals surface area (Å²) in [5.41, 5.74) is -0.990. The van der Waals surface area contributed by atoms with Crippen molar-refractivity contribution < 1.29 is 9.59 Å². The molecule has 0 aliphatic heterocycles. The van der Waals surface area contributed by atoms with Gasteiger partial charge in [0, 0.05) is 17.4 Å². The van der Waals surface area contributed by atoms with E-state index in [1.165, 1.54) is 0 Å². The van der Waals surface area contributed by atoms with Crippen LogP contribution in [0.15, 0.2) is 12.7 Å². The molecule has 0 rings (SSSR count). The highest BCUT2D eigenvalue weighted by Gasteiger charge is 2.36. The maximum atomic E-state index is 12.0. The van der Waals surface area contributed by atoms with Gasteiger partial charge in [0.05, 0.1) is 0 Å². The van der Waals surface area contributed by atoms with Gasteiger partial charge in [-0.05, 0) is 19.8 Å². The lowest BCUT2D eigenvalue weighted by Gasteiger charge is -2.32. The lowest BCUT2D eigenvalue weighted by atomic mass is 9.72. The van der Waals surface area contributed by atoms with E-state index in [9.17, 15) is 9.59 Å². The number of Topliss-reactive ketones (excluding diaryl/α,β-unsaturated/α-hetero) is 1. The van der Waals surface area contributed by atoms with Crippen LogP contribution < -0.4 is 5.32 Å². The monoisotopic (exact) mass is 239 g/mol.